The van der Waals surface area contributed by atoms with Crippen molar-refractivity contribution in [1.82, 2.24) is 0 Å². The maximum Gasteiger partial charge on any atom is 0.347 e. The highest BCUT2D eigenvalue weighted by Crippen LogP contribution is 2.30. The zero-order chi connectivity index (χ0) is 46.3. The molecule has 65 heavy (non-hydrogen) atoms. The highest BCUT2D eigenvalue weighted by Gasteiger charge is 2.19. The van der Waals surface area contributed by atoms with E-state index in [1.165, 1.54) is 62.8 Å². The lowest BCUT2D eigenvalue weighted by molar-refractivity contribution is 0.0717. The number of esters is 4. The minimum absolute atomic E-state index is 0.0537. The molecule has 0 N–H and O–H groups in total. The number of hydrogen-bond acceptors (Lipinski definition) is 13. The van der Waals surface area contributed by atoms with Crippen molar-refractivity contribution in [2.45, 2.75) is 39.7 Å². The molecule has 0 amide bonds. The molecule has 6 rings (SSSR count). The molecule has 336 valence electrons. The average molecular weight is 883 g/mol. The normalized spacial score (nSPS) is 11.2. The first-order valence-electron chi connectivity index (χ1n) is 20.9. The van der Waals surface area contributed by atoms with Crippen LogP contribution < -0.4 is 37.9 Å². The summed E-state index contributed by atoms with van der Waals surface area (Å²) in [6.07, 6.45) is 1.65. The predicted octanol–water partition coefficient (Wildman–Crippen LogP) is 10.5. The summed E-state index contributed by atoms with van der Waals surface area (Å²) in [6, 6.07) is 35.7. The van der Waals surface area contributed by atoms with Gasteiger partial charge in [-0.15, -0.1) is 0 Å². The largest absolute Gasteiger partial charge is 0.496 e. The number of rotatable bonds is 20. The van der Waals surface area contributed by atoms with Crippen LogP contribution in [-0.2, 0) is 4.74 Å². The monoisotopic (exact) mass is 882 g/mol. The first-order valence-corrected chi connectivity index (χ1v) is 20.9. The van der Waals surface area contributed by atoms with Gasteiger partial charge in [-0.1, -0.05) is 38.1 Å². The first-order chi connectivity index (χ1) is 31.4. The van der Waals surface area contributed by atoms with Gasteiger partial charge in [0.15, 0.2) is 0 Å². The quantitative estimate of drug-likeness (QED) is 0.0529. The molecular formula is C52H50O13. The van der Waals surface area contributed by atoms with Gasteiger partial charge in [-0.05, 0) is 127 Å². The molecule has 0 bridgehead atoms. The van der Waals surface area contributed by atoms with Crippen LogP contribution in [0.25, 0.3) is 11.1 Å². The van der Waals surface area contributed by atoms with Crippen molar-refractivity contribution in [3.63, 3.8) is 0 Å². The van der Waals surface area contributed by atoms with Crippen LogP contribution in [0.1, 0.15) is 75.0 Å². The molecular weight excluding hydrogens is 833 g/mol. The van der Waals surface area contributed by atoms with Crippen molar-refractivity contribution in [3.05, 3.63) is 156 Å². The fourth-order valence-electron chi connectivity index (χ4n) is 6.14. The van der Waals surface area contributed by atoms with Gasteiger partial charge in [0.1, 0.15) is 57.1 Å². The number of ether oxygens (including phenoxy) is 9. The van der Waals surface area contributed by atoms with Crippen molar-refractivity contribution in [3.8, 4) is 57.1 Å². The Morgan fingerprint density at radius 1 is 0.415 bits per heavy atom. The van der Waals surface area contributed by atoms with Crippen LogP contribution in [0.4, 0.5) is 0 Å². The first kappa shape index (κ1) is 46.9. The minimum Gasteiger partial charge on any atom is -0.496 e. The molecule has 0 heterocycles. The van der Waals surface area contributed by atoms with Gasteiger partial charge >= 0.3 is 23.9 Å². The average Bonchev–Trinajstić information content (AvgIpc) is 3.32. The van der Waals surface area contributed by atoms with E-state index in [2.05, 4.69) is 13.8 Å². The van der Waals surface area contributed by atoms with E-state index in [4.69, 9.17) is 42.6 Å². The Hall–Kier alpha value is -7.64. The van der Waals surface area contributed by atoms with E-state index in [9.17, 15) is 19.2 Å². The standard InChI is InChI=1S/C52H50O13/c1-33(2)27-29-60-43-23-25-45(47(31-43)58-5)51(55)64-41-19-11-37(12-20-41)49(53)62-39-15-7-35(8-16-39)36-9-17-40(18-10-36)63-50(54)38-13-21-42(22-14-38)65-52(56)46-26-24-44(32-48(46)59-6)61-30-28-34(3)57-4/h7-26,31-34H,27-30H2,1-6H3. The summed E-state index contributed by atoms with van der Waals surface area (Å²) in [4.78, 5) is 51.8. The molecule has 0 aliphatic carbocycles. The van der Waals surface area contributed by atoms with Gasteiger partial charge in [-0.3, -0.25) is 0 Å². The molecule has 0 aliphatic rings. The van der Waals surface area contributed by atoms with Gasteiger partial charge < -0.3 is 42.6 Å². The van der Waals surface area contributed by atoms with Crippen LogP contribution in [0.2, 0.25) is 0 Å². The maximum atomic E-state index is 13.0. The lowest BCUT2D eigenvalue weighted by atomic mass is 10.1. The van der Waals surface area contributed by atoms with Crippen LogP contribution in [0, 0.1) is 5.92 Å². The molecule has 0 saturated heterocycles. The lowest BCUT2D eigenvalue weighted by Gasteiger charge is -2.13. The Balaban J connectivity index is 0.966. The Morgan fingerprint density at radius 2 is 0.754 bits per heavy atom. The molecule has 0 saturated carbocycles. The Bertz CT molecular complexity index is 2550. The summed E-state index contributed by atoms with van der Waals surface area (Å²) in [5.41, 5.74) is 2.61. The van der Waals surface area contributed by atoms with Gasteiger partial charge in [0, 0.05) is 25.7 Å². The number of benzene rings is 6. The Kier molecular flexibility index (Phi) is 16.3. The van der Waals surface area contributed by atoms with Crippen LogP contribution in [-0.4, -0.2) is 64.5 Å². The SMILES string of the molecule is COc1cc(OCCC(C)C)ccc1C(=O)Oc1ccc(C(=O)Oc2ccc(-c3ccc(OC(=O)c4ccc(OC(=O)c5ccc(OCCC(C)OC)cc5OC)cc4)cc3)cc2)cc1. The molecule has 0 fully saturated rings. The fraction of sp³-hybridized carbons (Fsp3) is 0.231. The van der Waals surface area contributed by atoms with Gasteiger partial charge in [-0.25, -0.2) is 19.2 Å². The van der Waals surface area contributed by atoms with E-state index >= 15 is 0 Å². The molecule has 13 nitrogen and oxygen atoms in total. The van der Waals surface area contributed by atoms with Crippen molar-refractivity contribution >= 4 is 23.9 Å². The van der Waals surface area contributed by atoms with E-state index in [-0.39, 0.29) is 39.9 Å². The van der Waals surface area contributed by atoms with E-state index in [1.54, 1.807) is 92.0 Å². The molecule has 6 aromatic carbocycles. The van der Waals surface area contributed by atoms with Crippen LogP contribution in [0.5, 0.6) is 46.0 Å². The van der Waals surface area contributed by atoms with Crippen LogP contribution in [0.3, 0.4) is 0 Å². The molecule has 0 aliphatic heterocycles. The summed E-state index contributed by atoms with van der Waals surface area (Å²) < 4.78 is 49.8. The van der Waals surface area contributed by atoms with Crippen molar-refractivity contribution < 1.29 is 61.8 Å². The summed E-state index contributed by atoms with van der Waals surface area (Å²) in [5.74, 6) is 0.915. The van der Waals surface area contributed by atoms with Gasteiger partial charge in [-0.2, -0.15) is 0 Å². The second-order valence-electron chi connectivity index (χ2n) is 15.1. The second-order valence-corrected chi connectivity index (χ2v) is 15.1. The zero-order valence-corrected chi connectivity index (χ0v) is 37.0. The van der Waals surface area contributed by atoms with Crippen molar-refractivity contribution in [2.75, 3.05) is 34.5 Å². The summed E-state index contributed by atoms with van der Waals surface area (Å²) in [6.45, 7) is 7.17. The molecule has 13 heteroatoms. The van der Waals surface area contributed by atoms with Crippen molar-refractivity contribution in [2.24, 2.45) is 5.92 Å². The van der Waals surface area contributed by atoms with E-state index in [0.29, 0.717) is 60.0 Å². The third-order valence-electron chi connectivity index (χ3n) is 10.0. The third kappa shape index (κ3) is 13.2. The molecule has 1 atom stereocenters. The lowest BCUT2D eigenvalue weighted by Crippen LogP contribution is -2.12. The van der Waals surface area contributed by atoms with E-state index < -0.39 is 23.9 Å². The molecule has 0 radical (unpaired) electrons. The number of hydrogen-bond donors (Lipinski definition) is 0. The van der Waals surface area contributed by atoms with Crippen LogP contribution in [0.15, 0.2) is 133 Å². The van der Waals surface area contributed by atoms with Gasteiger partial charge in [0.05, 0.1) is 44.7 Å². The van der Waals surface area contributed by atoms with Crippen LogP contribution >= 0.6 is 0 Å². The summed E-state index contributed by atoms with van der Waals surface area (Å²) in [7, 11) is 4.56. The molecule has 0 aromatic heterocycles. The maximum absolute atomic E-state index is 13.0. The summed E-state index contributed by atoms with van der Waals surface area (Å²) >= 11 is 0. The highest BCUT2D eigenvalue weighted by molar-refractivity contribution is 5.96. The van der Waals surface area contributed by atoms with Gasteiger partial charge in [0.25, 0.3) is 0 Å². The molecule has 0 spiro atoms. The number of carbonyl (C=O) groups is 4. The smallest absolute Gasteiger partial charge is 0.347 e. The fourth-order valence-corrected chi connectivity index (χ4v) is 6.14. The second kappa shape index (κ2) is 22.6. The third-order valence-corrected chi connectivity index (χ3v) is 10.0. The molecule has 6 aromatic rings. The minimum atomic E-state index is -0.638. The number of methoxy groups -OCH3 is 3. The predicted molar refractivity (Wildman–Crippen MR) is 242 cm³/mol. The van der Waals surface area contributed by atoms with Gasteiger partial charge in [0.2, 0.25) is 0 Å². The zero-order valence-electron chi connectivity index (χ0n) is 37.0. The highest BCUT2D eigenvalue weighted by atomic mass is 16.6. The van der Waals surface area contributed by atoms with E-state index in [1.807, 2.05) is 6.92 Å². The number of carbonyl (C=O) groups excluding carboxylic acids is 4. The van der Waals surface area contributed by atoms with Crippen molar-refractivity contribution in [1.29, 1.82) is 0 Å². The topological polar surface area (TPSA) is 151 Å². The Morgan fingerprint density at radius 3 is 1.11 bits per heavy atom. The molecule has 1 unspecified atom stereocenters. The summed E-state index contributed by atoms with van der Waals surface area (Å²) in [5, 5.41) is 0. The Labute approximate surface area is 377 Å². The van der Waals surface area contributed by atoms with E-state index in [0.717, 1.165) is 17.5 Å².